The van der Waals surface area contributed by atoms with Crippen LogP contribution in [0.2, 0.25) is 0 Å². The smallest absolute Gasteiger partial charge is 0.457 e. The summed E-state index contributed by atoms with van der Waals surface area (Å²) < 4.78 is 35.2. The van der Waals surface area contributed by atoms with Crippen molar-refractivity contribution >= 4 is 13.8 Å². The Morgan fingerprint density at radius 2 is 0.866 bits per heavy atom. The molecule has 2 atom stereocenters. The molecular formula is C58H105NO7P+. The van der Waals surface area contributed by atoms with Gasteiger partial charge in [-0.15, -0.1) is 0 Å². The van der Waals surface area contributed by atoms with Gasteiger partial charge in [-0.05, 0) is 89.9 Å². The van der Waals surface area contributed by atoms with Crippen molar-refractivity contribution in [2.45, 2.75) is 225 Å². The highest BCUT2D eigenvalue weighted by molar-refractivity contribution is 7.47. The molecule has 0 aromatic carbocycles. The molecule has 9 heteroatoms. The molecule has 0 aliphatic rings. The zero-order chi connectivity index (χ0) is 49.0. The summed E-state index contributed by atoms with van der Waals surface area (Å²) in [5, 5.41) is 0. The van der Waals surface area contributed by atoms with Gasteiger partial charge in [0.1, 0.15) is 19.3 Å². The Balaban J connectivity index is 4.16. The van der Waals surface area contributed by atoms with Crippen molar-refractivity contribution in [3.8, 4) is 0 Å². The second-order valence-electron chi connectivity index (χ2n) is 19.2. The predicted molar refractivity (Wildman–Crippen MR) is 288 cm³/mol. The Hall–Kier alpha value is -2.32. The third-order valence-corrected chi connectivity index (χ3v) is 12.4. The highest BCUT2D eigenvalue weighted by Gasteiger charge is 2.26. The van der Waals surface area contributed by atoms with Crippen molar-refractivity contribution in [3.05, 3.63) is 85.1 Å². The topological polar surface area (TPSA) is 91.3 Å². The molecule has 1 N–H and O–H groups in total. The maximum absolute atomic E-state index is 12.8. The molecule has 0 saturated heterocycles. The van der Waals surface area contributed by atoms with Crippen molar-refractivity contribution in [1.82, 2.24) is 0 Å². The lowest BCUT2D eigenvalue weighted by Crippen LogP contribution is -2.37. The van der Waals surface area contributed by atoms with Gasteiger partial charge in [-0.2, -0.15) is 0 Å². The SMILES string of the molecule is CC/C=C\C/C=C\C/C=C\C/C=C\CCCCCCCCCCCCC(=O)OC(COCCCCCCCCC/C=C\C/C=C\C/C=C\CCCCCCC)COP(=O)(O)OCC[N+](C)(C)C. The first-order valence-corrected chi connectivity index (χ1v) is 28.8. The van der Waals surface area contributed by atoms with E-state index in [0.717, 1.165) is 77.0 Å². The van der Waals surface area contributed by atoms with Crippen LogP contribution in [0.4, 0.5) is 0 Å². The van der Waals surface area contributed by atoms with Crippen molar-refractivity contribution < 1.29 is 37.3 Å². The number of quaternary nitrogens is 1. The molecule has 0 aliphatic heterocycles. The monoisotopic (exact) mass is 959 g/mol. The Morgan fingerprint density at radius 3 is 1.30 bits per heavy atom. The van der Waals surface area contributed by atoms with Crippen LogP contribution in [0.5, 0.6) is 0 Å². The highest BCUT2D eigenvalue weighted by Crippen LogP contribution is 2.43. The van der Waals surface area contributed by atoms with E-state index in [0.29, 0.717) is 24.1 Å². The van der Waals surface area contributed by atoms with E-state index in [4.69, 9.17) is 18.5 Å². The lowest BCUT2D eigenvalue weighted by Gasteiger charge is -2.24. The number of phosphoric acid groups is 1. The normalized spacial score (nSPS) is 14.2. The molecule has 2 unspecified atom stereocenters. The number of allylic oxidation sites excluding steroid dienone is 14. The Bertz CT molecular complexity index is 1340. The standard InChI is InChI=1S/C58H104NO7P/c1-6-8-10-12-14-16-18-20-22-24-26-28-30-31-33-35-37-39-41-43-45-47-49-51-58(60)66-57(56-65-67(61,62)64-54-52-59(3,4)5)55-63-53-50-48-46-44-42-40-38-36-34-32-29-27-25-23-21-19-17-15-13-11-9-7-2/h8,10,14,16,19-22,25-28,32,34,57H,6-7,9,11-13,15,17-18,23-24,29-31,33,35-56H2,1-5H3/p+1/b10-8-,16-14-,21-19-,22-20-,27-25-,28-26-,34-32-. The summed E-state index contributed by atoms with van der Waals surface area (Å²) in [6.45, 7) is 5.47. The molecule has 0 rings (SSSR count). The zero-order valence-electron chi connectivity index (χ0n) is 44.1. The average molecular weight is 959 g/mol. The molecule has 67 heavy (non-hydrogen) atoms. The van der Waals surface area contributed by atoms with Crippen LogP contribution in [-0.2, 0) is 27.9 Å². The van der Waals surface area contributed by atoms with Crippen molar-refractivity contribution in [3.63, 3.8) is 0 Å². The maximum Gasteiger partial charge on any atom is 0.472 e. The van der Waals surface area contributed by atoms with Crippen LogP contribution < -0.4 is 0 Å². The van der Waals surface area contributed by atoms with Gasteiger partial charge in [0.2, 0.25) is 0 Å². The second kappa shape index (κ2) is 50.1. The van der Waals surface area contributed by atoms with Crippen LogP contribution in [0.3, 0.4) is 0 Å². The van der Waals surface area contributed by atoms with Crippen molar-refractivity contribution in [2.75, 3.05) is 54.1 Å². The van der Waals surface area contributed by atoms with Crippen molar-refractivity contribution in [1.29, 1.82) is 0 Å². The number of likely N-dealkylation sites (N-methyl/N-ethyl adjacent to an activating group) is 1. The van der Waals surface area contributed by atoms with Crippen LogP contribution in [0.25, 0.3) is 0 Å². The first-order valence-electron chi connectivity index (χ1n) is 27.3. The first kappa shape index (κ1) is 64.7. The Kier molecular flexibility index (Phi) is 48.3. The number of unbranched alkanes of at least 4 members (excludes halogenated alkanes) is 22. The molecule has 0 radical (unpaired) electrons. The summed E-state index contributed by atoms with van der Waals surface area (Å²) in [5.74, 6) is -0.324. The fourth-order valence-electron chi connectivity index (χ4n) is 7.26. The number of nitrogens with zero attached hydrogens (tertiary/aromatic N) is 1. The number of hydrogen-bond donors (Lipinski definition) is 1. The first-order chi connectivity index (χ1) is 32.6. The molecule has 8 nitrogen and oxygen atoms in total. The molecular weight excluding hydrogens is 854 g/mol. The summed E-state index contributed by atoms with van der Waals surface area (Å²) >= 11 is 0. The molecule has 0 saturated carbocycles. The molecule has 0 spiro atoms. The van der Waals surface area contributed by atoms with Gasteiger partial charge in [0.25, 0.3) is 0 Å². The van der Waals surface area contributed by atoms with Gasteiger partial charge >= 0.3 is 13.8 Å². The number of carbonyl (C=O) groups is 1. The van der Waals surface area contributed by atoms with Gasteiger partial charge in [0, 0.05) is 13.0 Å². The van der Waals surface area contributed by atoms with Gasteiger partial charge in [-0.3, -0.25) is 13.8 Å². The van der Waals surface area contributed by atoms with Crippen LogP contribution >= 0.6 is 7.82 Å². The van der Waals surface area contributed by atoms with Gasteiger partial charge < -0.3 is 18.9 Å². The van der Waals surface area contributed by atoms with Crippen LogP contribution in [0.15, 0.2) is 85.1 Å². The minimum absolute atomic E-state index is 0.0815. The van der Waals surface area contributed by atoms with Gasteiger partial charge in [-0.25, -0.2) is 4.57 Å². The highest BCUT2D eigenvalue weighted by atomic mass is 31.2. The van der Waals surface area contributed by atoms with Gasteiger partial charge in [0.15, 0.2) is 0 Å². The van der Waals surface area contributed by atoms with E-state index < -0.39 is 13.9 Å². The van der Waals surface area contributed by atoms with E-state index in [2.05, 4.69) is 98.9 Å². The average Bonchev–Trinajstić information content (AvgIpc) is 3.29. The summed E-state index contributed by atoms with van der Waals surface area (Å²) in [6.07, 6.45) is 67.7. The predicted octanol–water partition coefficient (Wildman–Crippen LogP) is 17.2. The molecule has 0 aliphatic carbocycles. The van der Waals surface area contributed by atoms with Crippen molar-refractivity contribution in [2.24, 2.45) is 0 Å². The lowest BCUT2D eigenvalue weighted by molar-refractivity contribution is -0.870. The van der Waals surface area contributed by atoms with E-state index in [-0.39, 0.29) is 25.8 Å². The van der Waals surface area contributed by atoms with Crippen LogP contribution in [0.1, 0.15) is 219 Å². The summed E-state index contributed by atoms with van der Waals surface area (Å²) in [4.78, 5) is 23.1. The number of rotatable bonds is 50. The molecule has 0 aromatic rings. The van der Waals surface area contributed by atoms with E-state index in [1.807, 2.05) is 21.1 Å². The molecule has 0 heterocycles. The Labute approximate surface area is 414 Å². The number of phosphoric ester groups is 1. The molecule has 0 fully saturated rings. The van der Waals surface area contributed by atoms with E-state index in [1.165, 1.54) is 122 Å². The summed E-state index contributed by atoms with van der Waals surface area (Å²) in [5.41, 5.74) is 0. The fraction of sp³-hybridized carbons (Fsp3) is 0.741. The molecule has 388 valence electrons. The maximum atomic E-state index is 12.8. The van der Waals surface area contributed by atoms with Crippen LogP contribution in [0, 0.1) is 0 Å². The minimum atomic E-state index is -4.29. The second-order valence-corrected chi connectivity index (χ2v) is 20.7. The third-order valence-electron chi connectivity index (χ3n) is 11.4. The quantitative estimate of drug-likeness (QED) is 0.0213. The van der Waals surface area contributed by atoms with E-state index >= 15 is 0 Å². The number of carbonyl (C=O) groups excluding carboxylic acids is 1. The van der Waals surface area contributed by atoms with Gasteiger partial charge in [-0.1, -0.05) is 208 Å². The fourth-order valence-corrected chi connectivity index (χ4v) is 8.00. The molecule has 0 aromatic heterocycles. The third kappa shape index (κ3) is 54.5. The number of esters is 1. The summed E-state index contributed by atoms with van der Waals surface area (Å²) in [7, 11) is 1.65. The molecule has 0 bridgehead atoms. The zero-order valence-corrected chi connectivity index (χ0v) is 45.0. The van der Waals surface area contributed by atoms with Crippen LogP contribution in [-0.4, -0.2) is 75.6 Å². The van der Waals surface area contributed by atoms with E-state index in [9.17, 15) is 14.3 Å². The number of hydrogen-bond acceptors (Lipinski definition) is 6. The minimum Gasteiger partial charge on any atom is -0.457 e. The lowest BCUT2D eigenvalue weighted by atomic mass is 10.0. The largest absolute Gasteiger partial charge is 0.472 e. The summed E-state index contributed by atoms with van der Waals surface area (Å²) in [6, 6.07) is 0. The molecule has 0 amide bonds. The Morgan fingerprint density at radius 1 is 0.478 bits per heavy atom. The van der Waals surface area contributed by atoms with Gasteiger partial charge in [0.05, 0.1) is 34.4 Å². The number of ether oxygens (including phenoxy) is 2. The van der Waals surface area contributed by atoms with E-state index in [1.54, 1.807) is 0 Å².